The quantitative estimate of drug-likeness (QED) is 0.726. The number of aromatic nitrogens is 2. The van der Waals surface area contributed by atoms with Crippen molar-refractivity contribution in [1.29, 1.82) is 0 Å². The Kier molecular flexibility index (Phi) is 3.89. The fourth-order valence-corrected chi connectivity index (χ4v) is 2.34. The maximum Gasteiger partial charge on any atom is 0.262 e. The van der Waals surface area contributed by atoms with Crippen LogP contribution < -0.4 is 10.1 Å². The molecule has 3 rings (SSSR count). The second-order valence-electron chi connectivity index (χ2n) is 5.32. The number of carbonyl (C=O) groups excluding carboxylic acids is 1. The van der Waals surface area contributed by atoms with Crippen molar-refractivity contribution in [1.82, 2.24) is 9.38 Å². The number of phenolic OH excluding ortho intramolecular Hbond substituents is 1. The van der Waals surface area contributed by atoms with Gasteiger partial charge in [0.15, 0.2) is 18.0 Å². The van der Waals surface area contributed by atoms with Crippen molar-refractivity contribution in [3.05, 3.63) is 54.0 Å². The molecule has 23 heavy (non-hydrogen) atoms. The molecule has 0 spiro atoms. The molecule has 0 fully saturated rings. The Morgan fingerprint density at radius 1 is 1.35 bits per heavy atom. The van der Waals surface area contributed by atoms with Gasteiger partial charge < -0.3 is 19.6 Å². The number of phenols is 1. The van der Waals surface area contributed by atoms with Crippen molar-refractivity contribution < 1.29 is 14.6 Å². The molecule has 0 bridgehead atoms. The molecule has 118 valence electrons. The number of pyridine rings is 1. The van der Waals surface area contributed by atoms with E-state index in [1.165, 1.54) is 6.07 Å². The molecule has 2 N–H and O–H groups in total. The maximum absolute atomic E-state index is 12.0. The van der Waals surface area contributed by atoms with E-state index in [0.717, 1.165) is 11.3 Å². The third-order valence-electron chi connectivity index (χ3n) is 3.41. The molecule has 0 unspecified atom stereocenters. The van der Waals surface area contributed by atoms with Crippen LogP contribution >= 0.6 is 0 Å². The molecule has 0 radical (unpaired) electrons. The zero-order valence-corrected chi connectivity index (χ0v) is 12.9. The van der Waals surface area contributed by atoms with Crippen LogP contribution in [-0.2, 0) is 4.79 Å². The van der Waals surface area contributed by atoms with Crippen molar-refractivity contribution in [2.45, 2.75) is 13.8 Å². The van der Waals surface area contributed by atoms with E-state index in [0.29, 0.717) is 17.1 Å². The van der Waals surface area contributed by atoms with Crippen LogP contribution in [0, 0.1) is 13.8 Å². The fourth-order valence-electron chi connectivity index (χ4n) is 2.34. The molecule has 0 atom stereocenters. The van der Waals surface area contributed by atoms with Gasteiger partial charge in [-0.3, -0.25) is 4.79 Å². The van der Waals surface area contributed by atoms with Gasteiger partial charge in [-0.1, -0.05) is 0 Å². The number of nitrogens with zero attached hydrogens (tertiary/aromatic N) is 2. The van der Waals surface area contributed by atoms with Crippen LogP contribution in [0.2, 0.25) is 0 Å². The third-order valence-corrected chi connectivity index (χ3v) is 3.41. The number of aryl methyl sites for hydroxylation is 2. The average molecular weight is 311 g/mol. The van der Waals surface area contributed by atoms with Gasteiger partial charge in [0, 0.05) is 18.1 Å². The summed E-state index contributed by atoms with van der Waals surface area (Å²) in [4.78, 5) is 16.4. The van der Waals surface area contributed by atoms with Crippen molar-refractivity contribution in [3.63, 3.8) is 0 Å². The van der Waals surface area contributed by atoms with Gasteiger partial charge in [-0.2, -0.15) is 0 Å². The number of nitrogens with one attached hydrogen (secondary N) is 1. The molecule has 0 saturated carbocycles. The SMILES string of the molecule is Cc1cn2cccc(OCC(=O)Nc3ccc(O)cc3C)c2n1. The fraction of sp³-hybridized carbons (Fsp3) is 0.176. The molecule has 6 nitrogen and oxygen atoms in total. The average Bonchev–Trinajstić information content (AvgIpc) is 2.88. The molecule has 2 heterocycles. The highest BCUT2D eigenvalue weighted by Crippen LogP contribution is 2.21. The van der Waals surface area contributed by atoms with E-state index in [2.05, 4.69) is 10.3 Å². The molecule has 0 aliphatic rings. The summed E-state index contributed by atoms with van der Waals surface area (Å²) in [5.74, 6) is 0.445. The van der Waals surface area contributed by atoms with Crippen LogP contribution in [-0.4, -0.2) is 27.0 Å². The number of fused-ring (bicyclic) bond motifs is 1. The van der Waals surface area contributed by atoms with Crippen LogP contribution in [0.15, 0.2) is 42.7 Å². The first-order valence-corrected chi connectivity index (χ1v) is 7.19. The lowest BCUT2D eigenvalue weighted by Gasteiger charge is -2.10. The zero-order chi connectivity index (χ0) is 16.4. The lowest BCUT2D eigenvalue weighted by molar-refractivity contribution is -0.118. The summed E-state index contributed by atoms with van der Waals surface area (Å²) < 4.78 is 7.44. The van der Waals surface area contributed by atoms with E-state index < -0.39 is 0 Å². The number of ether oxygens (including phenoxy) is 1. The van der Waals surface area contributed by atoms with Crippen LogP contribution in [0.25, 0.3) is 5.65 Å². The largest absolute Gasteiger partial charge is 0.508 e. The Morgan fingerprint density at radius 3 is 2.96 bits per heavy atom. The molecule has 2 aromatic heterocycles. The minimum atomic E-state index is -0.274. The predicted octanol–water partition coefficient (Wildman–Crippen LogP) is 2.67. The Labute approximate surface area is 133 Å². The van der Waals surface area contributed by atoms with Crippen LogP contribution in [0.5, 0.6) is 11.5 Å². The number of hydrogen-bond acceptors (Lipinski definition) is 4. The summed E-state index contributed by atoms with van der Waals surface area (Å²) in [6, 6.07) is 8.38. The summed E-state index contributed by atoms with van der Waals surface area (Å²) in [5.41, 5.74) is 2.99. The maximum atomic E-state index is 12.0. The molecule has 6 heteroatoms. The summed E-state index contributed by atoms with van der Waals surface area (Å²) in [6.45, 7) is 3.59. The van der Waals surface area contributed by atoms with Gasteiger partial charge in [0.25, 0.3) is 5.91 Å². The molecular formula is C17H17N3O3. The molecule has 0 saturated heterocycles. The van der Waals surface area contributed by atoms with Gasteiger partial charge >= 0.3 is 0 Å². The Hall–Kier alpha value is -3.02. The molecule has 1 amide bonds. The molecule has 1 aromatic carbocycles. The van der Waals surface area contributed by atoms with E-state index >= 15 is 0 Å². The molecular weight excluding hydrogens is 294 g/mol. The van der Waals surface area contributed by atoms with Gasteiger partial charge in [-0.25, -0.2) is 4.98 Å². The van der Waals surface area contributed by atoms with Crippen LogP contribution in [0.3, 0.4) is 0 Å². The topological polar surface area (TPSA) is 75.9 Å². The van der Waals surface area contributed by atoms with Gasteiger partial charge in [-0.05, 0) is 49.7 Å². The standard InChI is InChI=1S/C17H17N3O3/c1-11-8-13(21)5-6-14(11)19-16(22)10-23-15-4-3-7-20-9-12(2)18-17(15)20/h3-9,21H,10H2,1-2H3,(H,19,22). The lowest BCUT2D eigenvalue weighted by atomic mass is 10.2. The van der Waals surface area contributed by atoms with Gasteiger partial charge in [0.2, 0.25) is 0 Å². The van der Waals surface area contributed by atoms with Crippen molar-refractivity contribution >= 4 is 17.2 Å². The third kappa shape index (κ3) is 3.26. The normalized spacial score (nSPS) is 10.7. The highest BCUT2D eigenvalue weighted by Gasteiger charge is 2.09. The Balaban J connectivity index is 1.68. The van der Waals surface area contributed by atoms with Crippen molar-refractivity contribution in [3.8, 4) is 11.5 Å². The summed E-state index contributed by atoms with van der Waals surface area (Å²) in [7, 11) is 0. The van der Waals surface area contributed by atoms with Gasteiger partial charge in [-0.15, -0.1) is 0 Å². The number of rotatable bonds is 4. The van der Waals surface area contributed by atoms with E-state index in [4.69, 9.17) is 4.74 Å². The Bertz CT molecular complexity index is 871. The second-order valence-corrected chi connectivity index (χ2v) is 5.32. The number of benzene rings is 1. The minimum Gasteiger partial charge on any atom is -0.508 e. The van der Waals surface area contributed by atoms with E-state index in [9.17, 15) is 9.90 Å². The summed E-state index contributed by atoms with van der Waals surface area (Å²) in [6.07, 6.45) is 3.77. The highest BCUT2D eigenvalue weighted by molar-refractivity contribution is 5.92. The van der Waals surface area contributed by atoms with Gasteiger partial charge in [0.05, 0.1) is 5.69 Å². The molecule has 0 aliphatic heterocycles. The first-order valence-electron chi connectivity index (χ1n) is 7.19. The molecule has 0 aliphatic carbocycles. The number of carbonyl (C=O) groups is 1. The minimum absolute atomic E-state index is 0.119. The van der Waals surface area contributed by atoms with Crippen LogP contribution in [0.1, 0.15) is 11.3 Å². The van der Waals surface area contributed by atoms with Crippen LogP contribution in [0.4, 0.5) is 5.69 Å². The number of amides is 1. The monoisotopic (exact) mass is 311 g/mol. The van der Waals surface area contributed by atoms with Gasteiger partial charge in [0.1, 0.15) is 5.75 Å². The number of imidazole rings is 1. The summed E-state index contributed by atoms with van der Waals surface area (Å²) >= 11 is 0. The van der Waals surface area contributed by atoms with E-state index in [1.807, 2.05) is 36.7 Å². The first-order chi connectivity index (χ1) is 11.0. The highest BCUT2D eigenvalue weighted by atomic mass is 16.5. The zero-order valence-electron chi connectivity index (χ0n) is 12.9. The van der Waals surface area contributed by atoms with Crippen molar-refractivity contribution in [2.75, 3.05) is 11.9 Å². The second kappa shape index (κ2) is 6.00. The van der Waals surface area contributed by atoms with E-state index in [1.54, 1.807) is 18.2 Å². The smallest absolute Gasteiger partial charge is 0.262 e. The first kappa shape index (κ1) is 14.9. The predicted molar refractivity (Wildman–Crippen MR) is 86.9 cm³/mol. The number of aromatic hydroxyl groups is 1. The number of anilines is 1. The van der Waals surface area contributed by atoms with E-state index in [-0.39, 0.29) is 18.3 Å². The lowest BCUT2D eigenvalue weighted by Crippen LogP contribution is -2.20. The Morgan fingerprint density at radius 2 is 2.17 bits per heavy atom. The summed E-state index contributed by atoms with van der Waals surface area (Å²) in [5, 5.41) is 12.1. The molecule has 3 aromatic rings. The van der Waals surface area contributed by atoms with Crippen molar-refractivity contribution in [2.24, 2.45) is 0 Å². The number of hydrogen-bond donors (Lipinski definition) is 2.